The fourth-order valence-corrected chi connectivity index (χ4v) is 1.54. The van der Waals surface area contributed by atoms with Gasteiger partial charge in [-0.25, -0.2) is 13.6 Å². The number of esters is 1. The highest BCUT2D eigenvalue weighted by Crippen LogP contribution is 2.24. The number of ketones is 1. The molecule has 0 aliphatic carbocycles. The average molecular weight is 293 g/mol. The zero-order chi connectivity index (χ0) is 12.3. The summed E-state index contributed by atoms with van der Waals surface area (Å²) in [6.07, 6.45) is -0.545. The lowest BCUT2D eigenvalue weighted by Crippen LogP contribution is -2.18. The van der Waals surface area contributed by atoms with Crippen LogP contribution in [0.3, 0.4) is 0 Å². The molecule has 0 amide bonds. The third-order valence-corrected chi connectivity index (χ3v) is 2.75. The second kappa shape index (κ2) is 5.16. The highest BCUT2D eigenvalue weighted by atomic mass is 79.9. The molecule has 0 aromatic heterocycles. The van der Waals surface area contributed by atoms with Crippen LogP contribution < -0.4 is 0 Å². The quantitative estimate of drug-likeness (QED) is 0.486. The summed E-state index contributed by atoms with van der Waals surface area (Å²) >= 11 is 2.81. The molecule has 6 heteroatoms. The van der Waals surface area contributed by atoms with Gasteiger partial charge < -0.3 is 4.74 Å². The molecule has 0 aliphatic heterocycles. The third-order valence-electron chi connectivity index (χ3n) is 1.89. The van der Waals surface area contributed by atoms with Crippen molar-refractivity contribution in [2.75, 3.05) is 7.11 Å². The van der Waals surface area contributed by atoms with Crippen LogP contribution in [0, 0.1) is 11.6 Å². The van der Waals surface area contributed by atoms with Gasteiger partial charge >= 0.3 is 5.97 Å². The van der Waals surface area contributed by atoms with Crippen LogP contribution in [0.15, 0.2) is 16.6 Å². The van der Waals surface area contributed by atoms with Crippen LogP contribution in [0.25, 0.3) is 0 Å². The van der Waals surface area contributed by atoms with E-state index < -0.39 is 29.8 Å². The number of ether oxygens (including phenoxy) is 1. The number of methoxy groups -OCH3 is 1. The van der Waals surface area contributed by atoms with Crippen LogP contribution in [0.5, 0.6) is 0 Å². The summed E-state index contributed by atoms with van der Waals surface area (Å²) in [4.78, 5) is 22.0. The van der Waals surface area contributed by atoms with Gasteiger partial charge in [-0.2, -0.15) is 0 Å². The van der Waals surface area contributed by atoms with Crippen LogP contribution >= 0.6 is 15.9 Å². The predicted octanol–water partition coefficient (Wildman–Crippen LogP) is 2.01. The van der Waals surface area contributed by atoms with Gasteiger partial charge in [0.1, 0.15) is 11.6 Å². The Bertz CT molecular complexity index is 446. The maximum atomic E-state index is 13.3. The molecular weight excluding hydrogens is 286 g/mol. The summed E-state index contributed by atoms with van der Waals surface area (Å²) in [7, 11) is 1.04. The molecule has 3 nitrogen and oxygen atoms in total. The van der Waals surface area contributed by atoms with Gasteiger partial charge in [0, 0.05) is 12.0 Å². The van der Waals surface area contributed by atoms with E-state index in [1.807, 2.05) is 0 Å². The van der Waals surface area contributed by atoms with Gasteiger partial charge in [-0.15, -0.1) is 0 Å². The smallest absolute Gasteiger partial charge is 0.374 e. The van der Waals surface area contributed by atoms with Gasteiger partial charge in [0.25, 0.3) is 0 Å². The number of hydrogen-bond acceptors (Lipinski definition) is 3. The van der Waals surface area contributed by atoms with E-state index in [0.29, 0.717) is 0 Å². The minimum atomic E-state index is -1.09. The highest BCUT2D eigenvalue weighted by Gasteiger charge is 2.20. The minimum absolute atomic E-state index is 0.162. The van der Waals surface area contributed by atoms with Crippen molar-refractivity contribution < 1.29 is 23.1 Å². The van der Waals surface area contributed by atoms with E-state index in [9.17, 15) is 18.4 Å². The van der Waals surface area contributed by atoms with Gasteiger partial charge in [0.05, 0.1) is 11.6 Å². The first-order valence-electron chi connectivity index (χ1n) is 4.21. The van der Waals surface area contributed by atoms with Gasteiger partial charge in [0.2, 0.25) is 5.78 Å². The second-order valence-electron chi connectivity index (χ2n) is 2.91. The first kappa shape index (κ1) is 12.8. The summed E-state index contributed by atoms with van der Waals surface area (Å²) in [6, 6.07) is 1.81. The van der Waals surface area contributed by atoms with Gasteiger partial charge in [-0.05, 0) is 28.1 Å². The van der Waals surface area contributed by atoms with E-state index in [2.05, 4.69) is 20.7 Å². The molecule has 0 atom stereocenters. The van der Waals surface area contributed by atoms with E-state index in [4.69, 9.17) is 0 Å². The van der Waals surface area contributed by atoms with Crippen molar-refractivity contribution in [2.45, 2.75) is 6.42 Å². The van der Waals surface area contributed by atoms with Gasteiger partial charge in [-0.3, -0.25) is 4.79 Å². The largest absolute Gasteiger partial charge is 0.463 e. The number of Topliss-reactive ketones (excluding diaryl/α,β-unsaturated/α-hetero) is 1. The molecule has 0 saturated carbocycles. The molecule has 0 radical (unpaired) electrons. The SMILES string of the molecule is COC(=O)C(=O)Cc1c(F)ccc(F)c1Br. The number of carbonyl (C=O) groups excluding carboxylic acids is 2. The zero-order valence-electron chi connectivity index (χ0n) is 8.22. The van der Waals surface area contributed by atoms with Crippen molar-refractivity contribution in [2.24, 2.45) is 0 Å². The molecule has 0 spiro atoms. The molecule has 0 bridgehead atoms. The number of hydrogen-bond donors (Lipinski definition) is 0. The molecule has 0 heterocycles. The maximum absolute atomic E-state index is 13.3. The molecule has 1 aromatic carbocycles. The molecule has 1 aromatic rings. The topological polar surface area (TPSA) is 43.4 Å². The predicted molar refractivity (Wildman–Crippen MR) is 54.8 cm³/mol. The van der Waals surface area contributed by atoms with E-state index >= 15 is 0 Å². The van der Waals surface area contributed by atoms with E-state index in [1.54, 1.807) is 0 Å². The monoisotopic (exact) mass is 292 g/mol. The molecule has 0 N–H and O–H groups in total. The maximum Gasteiger partial charge on any atom is 0.374 e. The Balaban J connectivity index is 3.02. The minimum Gasteiger partial charge on any atom is -0.463 e. The van der Waals surface area contributed by atoms with Crippen LogP contribution in [-0.2, 0) is 20.7 Å². The van der Waals surface area contributed by atoms with Crippen molar-refractivity contribution in [3.63, 3.8) is 0 Å². The molecule has 16 heavy (non-hydrogen) atoms. The second-order valence-corrected chi connectivity index (χ2v) is 3.71. The molecule has 0 aliphatic rings. The van der Waals surface area contributed by atoms with Gasteiger partial charge in [0.15, 0.2) is 0 Å². The van der Waals surface area contributed by atoms with Crippen molar-refractivity contribution in [3.8, 4) is 0 Å². The standard InChI is InChI=1S/C10H7BrF2O3/c1-16-10(15)8(14)4-5-6(12)2-3-7(13)9(5)11/h2-3H,4H2,1H3. The van der Waals surface area contributed by atoms with Crippen molar-refractivity contribution in [3.05, 3.63) is 33.8 Å². The highest BCUT2D eigenvalue weighted by molar-refractivity contribution is 9.10. The average Bonchev–Trinajstić information content (AvgIpc) is 2.28. The molecule has 0 saturated heterocycles. The Morgan fingerprint density at radius 2 is 1.88 bits per heavy atom. The van der Waals surface area contributed by atoms with Crippen molar-refractivity contribution in [1.29, 1.82) is 0 Å². The normalized spacial score (nSPS) is 10.0. The lowest BCUT2D eigenvalue weighted by Gasteiger charge is -2.05. The zero-order valence-corrected chi connectivity index (χ0v) is 9.81. The Kier molecular flexibility index (Phi) is 4.12. The fraction of sp³-hybridized carbons (Fsp3) is 0.200. The summed E-state index contributed by atoms with van der Waals surface area (Å²) < 4.78 is 30.3. The molecular formula is C10H7BrF2O3. The molecule has 0 fully saturated rings. The van der Waals surface area contributed by atoms with Crippen LogP contribution in [0.1, 0.15) is 5.56 Å². The van der Waals surface area contributed by atoms with Crippen molar-refractivity contribution in [1.82, 2.24) is 0 Å². The molecule has 1 rings (SSSR count). The van der Waals surface area contributed by atoms with Gasteiger partial charge in [-0.1, -0.05) is 0 Å². The number of halogens is 3. The van der Waals surface area contributed by atoms with Crippen LogP contribution in [0.4, 0.5) is 8.78 Å². The summed E-state index contributed by atoms with van der Waals surface area (Å²) in [5.74, 6) is -3.48. The Labute approximate surface area is 98.5 Å². The number of carbonyl (C=O) groups is 2. The lowest BCUT2D eigenvalue weighted by molar-refractivity contribution is -0.151. The molecule has 86 valence electrons. The van der Waals surface area contributed by atoms with E-state index in [1.165, 1.54) is 0 Å². The van der Waals surface area contributed by atoms with Crippen molar-refractivity contribution >= 4 is 27.7 Å². The van der Waals surface area contributed by atoms with Crippen LogP contribution in [-0.4, -0.2) is 18.9 Å². The van der Waals surface area contributed by atoms with Crippen LogP contribution in [0.2, 0.25) is 0 Å². The molecule has 0 unspecified atom stereocenters. The Morgan fingerprint density at radius 1 is 1.31 bits per heavy atom. The Morgan fingerprint density at radius 3 is 2.44 bits per heavy atom. The third kappa shape index (κ3) is 2.63. The lowest BCUT2D eigenvalue weighted by atomic mass is 10.1. The summed E-state index contributed by atoms with van der Waals surface area (Å²) in [6.45, 7) is 0. The first-order chi connectivity index (χ1) is 7.47. The number of rotatable bonds is 3. The van der Waals surface area contributed by atoms with E-state index in [-0.39, 0.29) is 10.0 Å². The summed E-state index contributed by atoms with van der Waals surface area (Å²) in [5, 5.41) is 0. The number of benzene rings is 1. The first-order valence-corrected chi connectivity index (χ1v) is 5.00. The van der Waals surface area contributed by atoms with E-state index in [0.717, 1.165) is 19.2 Å². The Hall–Kier alpha value is -1.30. The summed E-state index contributed by atoms with van der Waals surface area (Å²) in [5.41, 5.74) is -0.199. The fourth-order valence-electron chi connectivity index (χ4n) is 1.08.